The van der Waals surface area contributed by atoms with Crippen LogP contribution in [0.4, 0.5) is 5.69 Å². The number of nitrogens with zero attached hydrogens (tertiary/aromatic N) is 5. The first kappa shape index (κ1) is 36.8. The zero-order valence-corrected chi connectivity index (χ0v) is 28.7. The van der Waals surface area contributed by atoms with Crippen LogP contribution < -0.4 is 15.0 Å². The van der Waals surface area contributed by atoms with Crippen molar-refractivity contribution in [2.24, 2.45) is 0 Å². The number of aryl methyl sites for hydroxylation is 1. The molecule has 0 spiro atoms. The van der Waals surface area contributed by atoms with Gasteiger partial charge in [-0.3, -0.25) is 23.8 Å². The summed E-state index contributed by atoms with van der Waals surface area (Å²) in [5, 5.41) is 3.19. The Morgan fingerprint density at radius 1 is 1.09 bits per heavy atom. The van der Waals surface area contributed by atoms with Crippen molar-refractivity contribution < 1.29 is 19.1 Å². The highest BCUT2D eigenvalue weighted by Gasteiger charge is 2.20. The van der Waals surface area contributed by atoms with Crippen LogP contribution in [0.1, 0.15) is 27.3 Å². The normalized spacial score (nSPS) is 10.6. The minimum Gasteiger partial charge on any atom is -0.485 e. The first-order valence-corrected chi connectivity index (χ1v) is 14.2. The Labute approximate surface area is 285 Å². The number of rotatable bonds is 9. The van der Waals surface area contributed by atoms with E-state index in [0.717, 1.165) is 10.3 Å². The minimum atomic E-state index is -0.475. The van der Waals surface area contributed by atoms with Crippen molar-refractivity contribution in [1.29, 1.82) is 0 Å². The summed E-state index contributed by atoms with van der Waals surface area (Å²) < 4.78 is 8.73. The molecule has 3 aromatic heterocycles. The van der Waals surface area contributed by atoms with E-state index in [1.165, 1.54) is 28.1 Å². The Bertz CT molecular complexity index is 1700. The van der Waals surface area contributed by atoms with Crippen LogP contribution in [0.5, 0.6) is 5.75 Å². The Kier molecular flexibility index (Phi) is 13.5. The van der Waals surface area contributed by atoms with E-state index < -0.39 is 11.8 Å². The van der Waals surface area contributed by atoms with Crippen molar-refractivity contribution in [2.75, 3.05) is 32.6 Å². The Morgan fingerprint density at radius 3 is 2.48 bits per heavy atom. The molecule has 0 radical (unpaired) electrons. The number of hydrogen-bond acceptors (Lipinski definition) is 6. The number of carbonyl (C=O) groups is 3. The third-order valence-electron chi connectivity index (χ3n) is 6.24. The van der Waals surface area contributed by atoms with E-state index >= 15 is 0 Å². The van der Waals surface area contributed by atoms with Crippen LogP contribution in [0.3, 0.4) is 0 Å². The molecule has 0 saturated heterocycles. The van der Waals surface area contributed by atoms with Gasteiger partial charge in [0.15, 0.2) is 11.4 Å². The van der Waals surface area contributed by atoms with Gasteiger partial charge in [0, 0.05) is 50.2 Å². The lowest BCUT2D eigenvalue weighted by atomic mass is 10.2. The molecule has 3 heterocycles. The summed E-state index contributed by atoms with van der Waals surface area (Å²) in [5.74, 6) is -0.556. The Hall–Kier alpha value is -3.35. The van der Waals surface area contributed by atoms with Crippen molar-refractivity contribution >= 4 is 99.1 Å². The van der Waals surface area contributed by atoms with E-state index in [4.69, 9.17) is 27.9 Å². The molecule has 234 valence electrons. The van der Waals surface area contributed by atoms with Crippen molar-refractivity contribution in [1.82, 2.24) is 24.6 Å². The molecule has 15 heteroatoms. The number of fused-ring (bicyclic) bond motifs is 1. The van der Waals surface area contributed by atoms with Gasteiger partial charge in [-0.05, 0) is 64.8 Å². The predicted molar refractivity (Wildman–Crippen MR) is 181 cm³/mol. The van der Waals surface area contributed by atoms with Crippen LogP contribution >= 0.6 is 63.9 Å². The number of ether oxygens (including phenoxy) is 1. The molecule has 3 amide bonds. The van der Waals surface area contributed by atoms with Crippen molar-refractivity contribution in [3.8, 4) is 5.75 Å². The van der Waals surface area contributed by atoms with E-state index in [9.17, 15) is 14.4 Å². The number of amides is 3. The van der Waals surface area contributed by atoms with Crippen LogP contribution in [0, 0.1) is 6.92 Å². The third kappa shape index (κ3) is 8.42. The lowest BCUT2D eigenvalue weighted by Crippen LogP contribution is -2.37. The molecule has 10 nitrogen and oxygen atoms in total. The zero-order chi connectivity index (χ0) is 30.6. The number of pyridine rings is 2. The molecular formula is C29H29BrCl4N6O4. The summed E-state index contributed by atoms with van der Waals surface area (Å²) in [4.78, 5) is 48.6. The minimum absolute atomic E-state index is 0. The number of imidazole rings is 1. The second-order valence-electron chi connectivity index (χ2n) is 9.38. The zero-order valence-electron chi connectivity index (χ0n) is 24.0. The van der Waals surface area contributed by atoms with Crippen LogP contribution in [0.25, 0.3) is 11.7 Å². The van der Waals surface area contributed by atoms with Gasteiger partial charge in [-0.2, -0.15) is 0 Å². The van der Waals surface area contributed by atoms with Gasteiger partial charge in [-0.1, -0.05) is 29.3 Å². The molecule has 0 aliphatic rings. The number of halogens is 5. The highest BCUT2D eigenvalue weighted by atomic mass is 79.9. The summed E-state index contributed by atoms with van der Waals surface area (Å²) in [6.07, 6.45) is 6.17. The smallest absolute Gasteiger partial charge is 0.271 e. The highest BCUT2D eigenvalue weighted by Crippen LogP contribution is 2.35. The Balaban J connectivity index is 0.00000337. The largest absolute Gasteiger partial charge is 0.485 e. The molecule has 0 unspecified atom stereocenters. The number of carbonyl (C=O) groups excluding carboxylic acids is 3. The van der Waals surface area contributed by atoms with Crippen LogP contribution in [-0.4, -0.2) is 64.7 Å². The van der Waals surface area contributed by atoms with E-state index in [2.05, 4.69) is 31.2 Å². The van der Waals surface area contributed by atoms with Gasteiger partial charge in [-0.25, -0.2) is 4.98 Å². The number of hydrogen-bond donors (Lipinski definition) is 1. The molecule has 0 fully saturated rings. The maximum Gasteiger partial charge on any atom is 0.271 e. The van der Waals surface area contributed by atoms with Gasteiger partial charge in [-0.15, -0.1) is 24.8 Å². The quantitative estimate of drug-likeness (QED) is 0.210. The van der Waals surface area contributed by atoms with Crippen LogP contribution in [0.2, 0.25) is 10.0 Å². The van der Waals surface area contributed by atoms with Gasteiger partial charge in [0.05, 0.1) is 22.9 Å². The standard InChI is InChI=1S/C29H27BrCl2N6O4.2ClH/c1-17-27(30)38-13-5-6-23(28(38)35-17)42-16-19-20(31)9-11-22(26(19)32)37(4)25(40)15-34-24(39)12-8-18-7-10-21(33-14-18)29(41)36(2)3;;/h5-14H,15-16H2,1-4H3,(H,34,39);2*1H. The number of benzene rings is 1. The van der Waals surface area contributed by atoms with Gasteiger partial charge in [0.25, 0.3) is 5.91 Å². The predicted octanol–water partition coefficient (Wildman–Crippen LogP) is 6.02. The number of aromatic nitrogens is 3. The number of likely N-dealkylation sites (N-methyl/N-ethyl adjacent to an activating group) is 1. The lowest BCUT2D eigenvalue weighted by Gasteiger charge is -2.21. The topological polar surface area (TPSA) is 109 Å². The van der Waals surface area contributed by atoms with Gasteiger partial charge in [0.2, 0.25) is 11.8 Å². The summed E-state index contributed by atoms with van der Waals surface area (Å²) in [6.45, 7) is 1.66. The van der Waals surface area contributed by atoms with Crippen molar-refractivity contribution in [2.45, 2.75) is 13.5 Å². The average molecular weight is 747 g/mol. The van der Waals surface area contributed by atoms with Gasteiger partial charge < -0.3 is 19.9 Å². The summed E-state index contributed by atoms with van der Waals surface area (Å²) in [5.41, 5.74) is 3.28. The second-order valence-corrected chi connectivity index (χ2v) is 10.9. The molecule has 1 aromatic carbocycles. The molecular weight excluding hydrogens is 718 g/mol. The Morgan fingerprint density at radius 2 is 1.82 bits per heavy atom. The first-order valence-electron chi connectivity index (χ1n) is 12.6. The molecule has 0 aliphatic carbocycles. The van der Waals surface area contributed by atoms with E-state index in [0.29, 0.717) is 38.9 Å². The molecule has 44 heavy (non-hydrogen) atoms. The molecule has 0 aliphatic heterocycles. The van der Waals surface area contributed by atoms with E-state index in [-0.39, 0.29) is 48.9 Å². The van der Waals surface area contributed by atoms with Gasteiger partial charge >= 0.3 is 0 Å². The fourth-order valence-corrected chi connectivity index (χ4v) is 4.85. The van der Waals surface area contributed by atoms with E-state index in [1.54, 1.807) is 51.5 Å². The monoisotopic (exact) mass is 744 g/mol. The maximum atomic E-state index is 12.9. The molecule has 0 saturated carbocycles. The van der Waals surface area contributed by atoms with Gasteiger partial charge in [0.1, 0.15) is 16.9 Å². The van der Waals surface area contributed by atoms with Crippen LogP contribution in [-0.2, 0) is 16.2 Å². The second kappa shape index (κ2) is 16.1. The molecule has 0 atom stereocenters. The van der Waals surface area contributed by atoms with E-state index in [1.807, 2.05) is 23.6 Å². The summed E-state index contributed by atoms with van der Waals surface area (Å²) in [6, 6.07) is 10.1. The number of nitrogens with one attached hydrogen (secondary N) is 1. The summed E-state index contributed by atoms with van der Waals surface area (Å²) in [7, 11) is 4.83. The molecule has 0 bridgehead atoms. The van der Waals surface area contributed by atoms with Crippen molar-refractivity contribution in [3.05, 3.63) is 92.0 Å². The molecule has 1 N–H and O–H groups in total. The molecule has 4 aromatic rings. The SMILES string of the molecule is Cc1nc2c(OCc3c(Cl)ccc(N(C)C(=O)CNC(=O)C=Cc4ccc(C(=O)N(C)C)nc4)c3Cl)cccn2c1Br.Cl.Cl. The lowest BCUT2D eigenvalue weighted by molar-refractivity contribution is -0.122. The van der Waals surface area contributed by atoms with Crippen molar-refractivity contribution in [3.63, 3.8) is 0 Å². The first-order chi connectivity index (χ1) is 20.0. The third-order valence-corrected chi connectivity index (χ3v) is 7.97. The van der Waals surface area contributed by atoms with Crippen LogP contribution in [0.15, 0.2) is 59.5 Å². The number of anilines is 1. The average Bonchev–Trinajstić information content (AvgIpc) is 3.27. The summed E-state index contributed by atoms with van der Waals surface area (Å²) >= 11 is 16.6. The highest BCUT2D eigenvalue weighted by molar-refractivity contribution is 9.10. The fraction of sp³-hybridized carbons (Fsp3) is 0.207. The fourth-order valence-electron chi connectivity index (χ4n) is 3.87. The maximum absolute atomic E-state index is 12.9. The molecule has 4 rings (SSSR count).